The van der Waals surface area contributed by atoms with Crippen LogP contribution in [0.3, 0.4) is 0 Å². The van der Waals surface area contributed by atoms with Crippen molar-refractivity contribution in [3.05, 3.63) is 42.0 Å². The van der Waals surface area contributed by atoms with Gasteiger partial charge in [0.2, 0.25) is 0 Å². The lowest BCUT2D eigenvalue weighted by molar-refractivity contribution is 0.0694. The Morgan fingerprint density at radius 1 is 1.33 bits per heavy atom. The topological polar surface area (TPSA) is 76.0 Å². The first-order valence-electron chi connectivity index (χ1n) is 5.76. The van der Waals surface area contributed by atoms with Crippen molar-refractivity contribution in [2.75, 3.05) is 0 Å². The average molecular weight is 241 g/mol. The highest BCUT2D eigenvalue weighted by atomic mass is 16.4. The third-order valence-corrected chi connectivity index (χ3v) is 2.93. The fraction of sp³-hybridized carbons (Fsp3) is 0.231. The zero-order valence-corrected chi connectivity index (χ0v) is 9.58. The van der Waals surface area contributed by atoms with Gasteiger partial charge in [-0.15, -0.1) is 0 Å². The minimum atomic E-state index is -0.963. The molecular formula is C13H11N3O2. The van der Waals surface area contributed by atoms with Crippen molar-refractivity contribution < 1.29 is 9.90 Å². The number of rotatable bonds is 3. The quantitative estimate of drug-likeness (QED) is 0.890. The van der Waals surface area contributed by atoms with Gasteiger partial charge in [0, 0.05) is 30.1 Å². The molecule has 0 aromatic carbocycles. The van der Waals surface area contributed by atoms with Crippen LogP contribution < -0.4 is 0 Å². The number of hydrogen-bond donors (Lipinski definition) is 1. The summed E-state index contributed by atoms with van der Waals surface area (Å²) in [5, 5.41) is 9.11. The number of aromatic nitrogens is 3. The number of carbonyl (C=O) groups is 1. The lowest BCUT2D eigenvalue weighted by atomic mass is 10.1. The van der Waals surface area contributed by atoms with Crippen LogP contribution in [0.2, 0.25) is 0 Å². The van der Waals surface area contributed by atoms with Gasteiger partial charge in [-0.25, -0.2) is 14.8 Å². The molecule has 1 fully saturated rings. The molecule has 18 heavy (non-hydrogen) atoms. The maximum atomic E-state index is 11.1. The summed E-state index contributed by atoms with van der Waals surface area (Å²) in [5.41, 5.74) is 1.66. The molecule has 0 radical (unpaired) electrons. The molecule has 90 valence electrons. The predicted molar refractivity (Wildman–Crippen MR) is 64.2 cm³/mol. The fourth-order valence-corrected chi connectivity index (χ4v) is 1.86. The fourth-order valence-electron chi connectivity index (χ4n) is 1.86. The summed E-state index contributed by atoms with van der Waals surface area (Å²) in [6.45, 7) is 0. The maximum absolute atomic E-state index is 11.1. The molecule has 0 amide bonds. The summed E-state index contributed by atoms with van der Waals surface area (Å²) in [6.07, 6.45) is 6.75. The molecule has 0 saturated heterocycles. The Balaban J connectivity index is 2.08. The van der Waals surface area contributed by atoms with Crippen LogP contribution in [0.15, 0.2) is 30.7 Å². The molecular weight excluding hydrogens is 230 g/mol. The number of pyridine rings is 1. The zero-order chi connectivity index (χ0) is 12.5. The molecule has 5 heteroatoms. The smallest absolute Gasteiger partial charge is 0.339 e. The maximum Gasteiger partial charge on any atom is 0.339 e. The standard InChI is InChI=1S/C13H11N3O2/c17-13(18)10-7-15-12(9-2-1-5-14-6-9)16-11(10)8-3-4-8/h1-2,5-8H,3-4H2,(H,17,18). The van der Waals surface area contributed by atoms with E-state index in [9.17, 15) is 4.79 Å². The Labute approximate surface area is 104 Å². The van der Waals surface area contributed by atoms with Crippen LogP contribution in [0, 0.1) is 0 Å². The Kier molecular flexibility index (Phi) is 2.51. The molecule has 1 aliphatic carbocycles. The van der Waals surface area contributed by atoms with E-state index in [0.717, 1.165) is 18.4 Å². The molecule has 2 aromatic rings. The lowest BCUT2D eigenvalue weighted by Gasteiger charge is -2.06. The first kappa shape index (κ1) is 10.8. The molecule has 0 bridgehead atoms. The molecule has 3 rings (SSSR count). The molecule has 0 atom stereocenters. The second-order valence-corrected chi connectivity index (χ2v) is 4.31. The van der Waals surface area contributed by atoms with Gasteiger partial charge in [0.1, 0.15) is 0 Å². The number of nitrogens with zero attached hydrogens (tertiary/aromatic N) is 3. The van der Waals surface area contributed by atoms with Crippen LogP contribution in [0.25, 0.3) is 11.4 Å². The Bertz CT molecular complexity index is 594. The summed E-state index contributed by atoms with van der Waals surface area (Å²) in [6, 6.07) is 3.67. The Morgan fingerprint density at radius 3 is 2.78 bits per heavy atom. The number of carboxylic acids is 1. The van der Waals surface area contributed by atoms with Crippen LogP contribution in [0.5, 0.6) is 0 Å². The first-order chi connectivity index (χ1) is 8.75. The molecule has 1 N–H and O–H groups in total. The Hall–Kier alpha value is -2.30. The van der Waals surface area contributed by atoms with Crippen molar-refractivity contribution in [3.8, 4) is 11.4 Å². The average Bonchev–Trinajstić information content (AvgIpc) is 3.23. The van der Waals surface area contributed by atoms with Crippen molar-refractivity contribution in [2.24, 2.45) is 0 Å². The highest BCUT2D eigenvalue weighted by molar-refractivity contribution is 5.89. The highest BCUT2D eigenvalue weighted by Gasteiger charge is 2.30. The summed E-state index contributed by atoms with van der Waals surface area (Å²) in [7, 11) is 0. The second-order valence-electron chi connectivity index (χ2n) is 4.31. The summed E-state index contributed by atoms with van der Waals surface area (Å²) in [5.74, 6) is -0.154. The molecule has 1 aliphatic rings. The minimum absolute atomic E-state index is 0.213. The van der Waals surface area contributed by atoms with Crippen LogP contribution in [0.1, 0.15) is 34.8 Å². The van der Waals surface area contributed by atoms with Crippen molar-refractivity contribution in [3.63, 3.8) is 0 Å². The van der Waals surface area contributed by atoms with Crippen LogP contribution in [-0.4, -0.2) is 26.0 Å². The van der Waals surface area contributed by atoms with Gasteiger partial charge < -0.3 is 5.11 Å². The molecule has 0 spiro atoms. The minimum Gasteiger partial charge on any atom is -0.478 e. The van der Waals surface area contributed by atoms with Gasteiger partial charge in [0.25, 0.3) is 0 Å². The largest absolute Gasteiger partial charge is 0.478 e. The molecule has 0 unspecified atom stereocenters. The monoisotopic (exact) mass is 241 g/mol. The van der Waals surface area contributed by atoms with Crippen molar-refractivity contribution in [1.82, 2.24) is 15.0 Å². The lowest BCUT2D eigenvalue weighted by Crippen LogP contribution is -2.06. The summed E-state index contributed by atoms with van der Waals surface area (Å²) >= 11 is 0. The first-order valence-corrected chi connectivity index (χ1v) is 5.76. The molecule has 5 nitrogen and oxygen atoms in total. The molecule has 1 saturated carbocycles. The van der Waals surface area contributed by atoms with Gasteiger partial charge in [-0.1, -0.05) is 0 Å². The normalized spacial score (nSPS) is 14.4. The van der Waals surface area contributed by atoms with E-state index >= 15 is 0 Å². The summed E-state index contributed by atoms with van der Waals surface area (Å²) in [4.78, 5) is 23.6. The summed E-state index contributed by atoms with van der Waals surface area (Å²) < 4.78 is 0. The number of hydrogen-bond acceptors (Lipinski definition) is 4. The Morgan fingerprint density at radius 2 is 2.17 bits per heavy atom. The van der Waals surface area contributed by atoms with E-state index in [1.54, 1.807) is 18.5 Å². The van der Waals surface area contributed by atoms with Gasteiger partial charge >= 0.3 is 5.97 Å². The third-order valence-electron chi connectivity index (χ3n) is 2.93. The van der Waals surface area contributed by atoms with Gasteiger partial charge in [0.05, 0.1) is 11.3 Å². The van der Waals surface area contributed by atoms with Crippen LogP contribution in [0.4, 0.5) is 0 Å². The SMILES string of the molecule is O=C(O)c1cnc(-c2cccnc2)nc1C1CC1. The number of carboxylic acid groups (broad SMARTS) is 1. The van der Waals surface area contributed by atoms with E-state index in [0.29, 0.717) is 11.5 Å². The van der Waals surface area contributed by atoms with E-state index in [2.05, 4.69) is 15.0 Å². The molecule has 2 heterocycles. The zero-order valence-electron chi connectivity index (χ0n) is 9.58. The van der Waals surface area contributed by atoms with Gasteiger partial charge in [0.15, 0.2) is 5.82 Å². The van der Waals surface area contributed by atoms with E-state index in [-0.39, 0.29) is 11.5 Å². The second kappa shape index (κ2) is 4.18. The van der Waals surface area contributed by atoms with Gasteiger partial charge in [-0.2, -0.15) is 0 Å². The van der Waals surface area contributed by atoms with E-state index in [1.165, 1.54) is 6.20 Å². The third kappa shape index (κ3) is 1.95. The van der Waals surface area contributed by atoms with E-state index in [4.69, 9.17) is 5.11 Å². The predicted octanol–water partition coefficient (Wildman–Crippen LogP) is 2.11. The van der Waals surface area contributed by atoms with Crippen molar-refractivity contribution >= 4 is 5.97 Å². The molecule has 0 aliphatic heterocycles. The van der Waals surface area contributed by atoms with E-state index < -0.39 is 5.97 Å². The van der Waals surface area contributed by atoms with Crippen LogP contribution in [-0.2, 0) is 0 Å². The van der Waals surface area contributed by atoms with Gasteiger partial charge in [-0.05, 0) is 25.0 Å². The van der Waals surface area contributed by atoms with Gasteiger partial charge in [-0.3, -0.25) is 4.98 Å². The number of aromatic carboxylic acids is 1. The van der Waals surface area contributed by atoms with E-state index in [1.807, 2.05) is 6.07 Å². The molecule has 2 aromatic heterocycles. The van der Waals surface area contributed by atoms with Crippen molar-refractivity contribution in [1.29, 1.82) is 0 Å². The highest BCUT2D eigenvalue weighted by Crippen LogP contribution is 2.40. The van der Waals surface area contributed by atoms with Crippen LogP contribution >= 0.6 is 0 Å². The van der Waals surface area contributed by atoms with Crippen molar-refractivity contribution in [2.45, 2.75) is 18.8 Å².